The van der Waals surface area contributed by atoms with Gasteiger partial charge >= 0.3 is 29.6 Å². The van der Waals surface area contributed by atoms with Crippen LogP contribution in [-0.4, -0.2) is 15.0 Å². The molecule has 116 valence electrons. The number of rotatable bonds is 3. The van der Waals surface area contributed by atoms with Crippen molar-refractivity contribution in [3.63, 3.8) is 0 Å². The van der Waals surface area contributed by atoms with Crippen molar-refractivity contribution in [2.75, 3.05) is 5.06 Å². The molecule has 0 saturated heterocycles. The van der Waals surface area contributed by atoms with E-state index in [4.69, 9.17) is 34.8 Å². The Labute approximate surface area is 175 Å². The van der Waals surface area contributed by atoms with Gasteiger partial charge in [0.05, 0.1) is 16.4 Å². The maximum Gasteiger partial charge on any atom is 1.00 e. The number of nitrogens with zero attached hydrogens (tertiary/aromatic N) is 4. The molecule has 0 atom stereocenters. The number of hydrogen-bond acceptors (Lipinski definition) is 5. The molecule has 2 aromatic heterocycles. The number of anilines is 2. The maximum atomic E-state index is 12.5. The zero-order valence-corrected chi connectivity index (χ0v) is 16.7. The fourth-order valence-electron chi connectivity index (χ4n) is 1.92. The minimum Gasteiger partial charge on any atom is -0.752 e. The third-order valence-corrected chi connectivity index (χ3v) is 3.74. The van der Waals surface area contributed by atoms with Crippen LogP contribution in [0.5, 0.6) is 0 Å². The summed E-state index contributed by atoms with van der Waals surface area (Å²) in [6.45, 7) is 0. The first-order valence-electron chi connectivity index (χ1n) is 6.42. The maximum absolute atomic E-state index is 12.5. The molecule has 0 fully saturated rings. The second-order valence-electron chi connectivity index (χ2n) is 4.50. The molecule has 0 aliphatic rings. The molecular weight excluding hydrogens is 382 g/mol. The molecule has 0 aliphatic heterocycles. The Morgan fingerprint density at radius 3 is 2.42 bits per heavy atom. The molecular formula is C15H8Cl3N4NaO. The van der Waals surface area contributed by atoms with Gasteiger partial charge in [0.15, 0.2) is 0 Å². The van der Waals surface area contributed by atoms with Crippen molar-refractivity contribution in [1.29, 1.82) is 0 Å². The first kappa shape index (κ1) is 19.4. The van der Waals surface area contributed by atoms with Crippen LogP contribution in [0.2, 0.25) is 15.2 Å². The third kappa shape index (κ3) is 4.37. The summed E-state index contributed by atoms with van der Waals surface area (Å²) in [5.41, 5.74) is 1.43. The molecule has 2 heterocycles. The second-order valence-corrected chi connectivity index (χ2v) is 5.73. The molecule has 0 N–H and O–H groups in total. The average Bonchev–Trinajstić information content (AvgIpc) is 2.56. The summed E-state index contributed by atoms with van der Waals surface area (Å²) in [4.78, 5) is 12.1. The van der Waals surface area contributed by atoms with Crippen molar-refractivity contribution in [3.8, 4) is 11.3 Å². The summed E-state index contributed by atoms with van der Waals surface area (Å²) in [6.07, 6.45) is 3.04. The van der Waals surface area contributed by atoms with Crippen LogP contribution >= 0.6 is 34.8 Å². The fourth-order valence-corrected chi connectivity index (χ4v) is 2.45. The number of benzene rings is 1. The molecule has 0 aliphatic carbocycles. The third-order valence-electron chi connectivity index (χ3n) is 2.97. The van der Waals surface area contributed by atoms with Crippen LogP contribution in [0.4, 0.5) is 11.6 Å². The van der Waals surface area contributed by atoms with Gasteiger partial charge in [0, 0.05) is 23.0 Å². The van der Waals surface area contributed by atoms with Crippen LogP contribution in [-0.2, 0) is 0 Å². The summed E-state index contributed by atoms with van der Waals surface area (Å²) in [5, 5.41) is 14.0. The topological polar surface area (TPSA) is 65.0 Å². The number of aromatic nitrogens is 3. The quantitative estimate of drug-likeness (QED) is 0.390. The Bertz CT molecular complexity index is 866. The number of halogens is 3. The molecule has 0 unspecified atom stereocenters. The van der Waals surface area contributed by atoms with Gasteiger partial charge in [-0.15, -0.1) is 0 Å². The van der Waals surface area contributed by atoms with E-state index in [1.165, 1.54) is 18.3 Å². The van der Waals surface area contributed by atoms with Crippen LogP contribution in [0.3, 0.4) is 0 Å². The second kappa shape index (κ2) is 8.45. The predicted molar refractivity (Wildman–Crippen MR) is 92.2 cm³/mol. The van der Waals surface area contributed by atoms with Gasteiger partial charge in [-0.25, -0.2) is 15.0 Å². The Kier molecular flexibility index (Phi) is 6.83. The minimum atomic E-state index is -0.0559. The van der Waals surface area contributed by atoms with Gasteiger partial charge in [-0.2, -0.15) is 0 Å². The molecule has 5 nitrogen and oxygen atoms in total. The van der Waals surface area contributed by atoms with Crippen molar-refractivity contribution in [2.24, 2.45) is 0 Å². The fraction of sp³-hybridized carbons (Fsp3) is 0. The Morgan fingerprint density at radius 2 is 1.67 bits per heavy atom. The SMILES string of the molecule is [Na+].[O-]N(c1nccc(-c2ccnc(Cl)c2)n1)c1cc(Cl)ccc1Cl. The van der Waals surface area contributed by atoms with Crippen LogP contribution in [0.25, 0.3) is 11.3 Å². The summed E-state index contributed by atoms with van der Waals surface area (Å²) < 4.78 is 0. The van der Waals surface area contributed by atoms with E-state index >= 15 is 0 Å². The smallest absolute Gasteiger partial charge is 0.752 e. The van der Waals surface area contributed by atoms with Gasteiger partial charge in [-0.05, 0) is 36.4 Å². The summed E-state index contributed by atoms with van der Waals surface area (Å²) >= 11 is 17.8. The van der Waals surface area contributed by atoms with E-state index in [2.05, 4.69) is 15.0 Å². The van der Waals surface area contributed by atoms with Crippen LogP contribution in [0.15, 0.2) is 48.8 Å². The van der Waals surface area contributed by atoms with E-state index in [0.717, 1.165) is 5.56 Å². The molecule has 24 heavy (non-hydrogen) atoms. The standard InChI is InChI=1S/C15H8Cl3N4O.Na/c16-10-1-2-11(17)13(8-10)22(23)15-20-6-4-12(21-15)9-3-5-19-14(18)7-9;/h1-8H;/q-1;+1. The summed E-state index contributed by atoms with van der Waals surface area (Å²) in [5.74, 6) is -0.0559. The van der Waals surface area contributed by atoms with Crippen molar-refractivity contribution in [3.05, 3.63) is 69.2 Å². The van der Waals surface area contributed by atoms with E-state index in [0.29, 0.717) is 20.9 Å². The molecule has 3 rings (SSSR count). The van der Waals surface area contributed by atoms with Gasteiger partial charge in [-0.3, -0.25) is 0 Å². The van der Waals surface area contributed by atoms with Gasteiger partial charge in [0.25, 0.3) is 0 Å². The summed E-state index contributed by atoms with van der Waals surface area (Å²) in [7, 11) is 0. The van der Waals surface area contributed by atoms with Crippen molar-refractivity contribution >= 4 is 46.4 Å². The van der Waals surface area contributed by atoms with Gasteiger partial charge in [-0.1, -0.05) is 34.8 Å². The molecule has 3 aromatic rings. The van der Waals surface area contributed by atoms with Crippen molar-refractivity contribution < 1.29 is 29.6 Å². The molecule has 0 radical (unpaired) electrons. The summed E-state index contributed by atoms with van der Waals surface area (Å²) in [6, 6.07) is 9.64. The first-order valence-corrected chi connectivity index (χ1v) is 7.55. The number of pyridine rings is 1. The van der Waals surface area contributed by atoms with E-state index in [9.17, 15) is 5.21 Å². The minimum absolute atomic E-state index is 0. The van der Waals surface area contributed by atoms with Gasteiger partial charge in [0.1, 0.15) is 5.15 Å². The molecule has 1 aromatic carbocycles. The Hall–Kier alpha value is -0.920. The van der Waals surface area contributed by atoms with Crippen LogP contribution in [0.1, 0.15) is 0 Å². The monoisotopic (exact) mass is 388 g/mol. The normalized spacial score (nSPS) is 10.2. The van der Waals surface area contributed by atoms with E-state index in [1.807, 2.05) is 0 Å². The molecule has 0 bridgehead atoms. The zero-order chi connectivity index (χ0) is 16.4. The van der Waals surface area contributed by atoms with Crippen molar-refractivity contribution in [1.82, 2.24) is 15.0 Å². The molecule has 0 amide bonds. The van der Waals surface area contributed by atoms with E-state index < -0.39 is 0 Å². The zero-order valence-electron chi connectivity index (χ0n) is 12.4. The van der Waals surface area contributed by atoms with E-state index in [-0.39, 0.29) is 46.2 Å². The van der Waals surface area contributed by atoms with Gasteiger partial charge < -0.3 is 10.3 Å². The van der Waals surface area contributed by atoms with Crippen molar-refractivity contribution in [2.45, 2.75) is 0 Å². The van der Waals surface area contributed by atoms with Crippen LogP contribution in [0, 0.1) is 5.21 Å². The average molecular weight is 390 g/mol. The van der Waals surface area contributed by atoms with Crippen LogP contribution < -0.4 is 34.6 Å². The number of hydrogen-bond donors (Lipinski definition) is 0. The predicted octanol–water partition coefficient (Wildman–Crippen LogP) is 2.14. The molecule has 0 spiro atoms. The molecule has 0 saturated carbocycles. The largest absolute Gasteiger partial charge is 1.00 e. The van der Waals surface area contributed by atoms with E-state index in [1.54, 1.807) is 30.5 Å². The molecule has 9 heteroatoms. The Morgan fingerprint density at radius 1 is 0.917 bits per heavy atom. The van der Waals surface area contributed by atoms with Gasteiger partial charge in [0.2, 0.25) is 5.95 Å². The first-order chi connectivity index (χ1) is 11.0. The Balaban J connectivity index is 0.00000208.